The summed E-state index contributed by atoms with van der Waals surface area (Å²) in [6, 6.07) is 8.17. The maximum absolute atomic E-state index is 12.1. The van der Waals surface area contributed by atoms with Gasteiger partial charge in [0.2, 0.25) is 0 Å². The molecule has 0 fully saturated rings. The van der Waals surface area contributed by atoms with Crippen molar-refractivity contribution in [3.05, 3.63) is 43.0 Å². The number of benzene rings is 1. The topological polar surface area (TPSA) is 74.6 Å². The Kier molecular flexibility index (Phi) is 6.58. The molecule has 1 aromatic rings. The highest BCUT2D eigenvalue weighted by Crippen LogP contribution is 2.21. The van der Waals surface area contributed by atoms with Gasteiger partial charge in [0, 0.05) is 11.8 Å². The minimum absolute atomic E-state index is 0.0965. The van der Waals surface area contributed by atoms with E-state index in [4.69, 9.17) is 0 Å². The minimum Gasteiger partial charge on any atom is -0.393 e. The maximum Gasteiger partial charge on any atom is 0.178 e. The molecule has 0 saturated heterocycles. The molecule has 0 aliphatic carbocycles. The summed E-state index contributed by atoms with van der Waals surface area (Å²) in [5, 5.41) is 20.1. The molecule has 0 radical (unpaired) electrons. The lowest BCUT2D eigenvalue weighted by Crippen LogP contribution is -2.34. The van der Waals surface area contributed by atoms with Crippen molar-refractivity contribution in [1.29, 1.82) is 0 Å². The monoisotopic (exact) mass is 312 g/mol. The highest BCUT2D eigenvalue weighted by atomic mass is 32.2. The molecule has 0 heterocycles. The number of hydrogen-bond donors (Lipinski definition) is 2. The van der Waals surface area contributed by atoms with Gasteiger partial charge in [-0.1, -0.05) is 38.1 Å². The molecule has 0 aliphatic heterocycles. The van der Waals surface area contributed by atoms with Crippen LogP contribution in [0.15, 0.2) is 47.9 Å². The highest BCUT2D eigenvalue weighted by Gasteiger charge is 2.27. The fraction of sp³-hybridized carbons (Fsp3) is 0.500. The number of hydrogen-bond acceptors (Lipinski definition) is 4. The third-order valence-corrected chi connectivity index (χ3v) is 5.60. The van der Waals surface area contributed by atoms with Crippen LogP contribution in [-0.2, 0) is 9.84 Å². The number of aliphatic hydroxyl groups excluding tert-OH is 2. The Balaban J connectivity index is 2.64. The second-order valence-corrected chi connectivity index (χ2v) is 7.54. The van der Waals surface area contributed by atoms with Crippen molar-refractivity contribution in [2.45, 2.75) is 37.4 Å². The van der Waals surface area contributed by atoms with E-state index in [1.165, 1.54) is 0 Å². The van der Waals surface area contributed by atoms with Gasteiger partial charge in [0.1, 0.15) is 0 Å². The van der Waals surface area contributed by atoms with Gasteiger partial charge >= 0.3 is 0 Å². The first-order valence-corrected chi connectivity index (χ1v) is 8.71. The Hall–Kier alpha value is -1.17. The van der Waals surface area contributed by atoms with E-state index in [-0.39, 0.29) is 23.0 Å². The van der Waals surface area contributed by atoms with Crippen molar-refractivity contribution < 1.29 is 18.6 Å². The molecule has 2 N–H and O–H groups in total. The molecule has 4 nitrogen and oxygen atoms in total. The van der Waals surface area contributed by atoms with Crippen LogP contribution in [0.25, 0.3) is 0 Å². The van der Waals surface area contributed by atoms with Crippen LogP contribution in [-0.4, -0.2) is 36.6 Å². The third-order valence-electron chi connectivity index (χ3n) is 3.84. The zero-order valence-electron chi connectivity index (χ0n) is 12.5. The lowest BCUT2D eigenvalue weighted by molar-refractivity contribution is 0.00309. The lowest BCUT2D eigenvalue weighted by atomic mass is 9.88. The molecule has 4 atom stereocenters. The van der Waals surface area contributed by atoms with Gasteiger partial charge in [-0.2, -0.15) is 0 Å². The molecule has 0 aliphatic rings. The molecule has 0 saturated carbocycles. The van der Waals surface area contributed by atoms with Gasteiger partial charge in [-0.05, 0) is 18.6 Å². The summed E-state index contributed by atoms with van der Waals surface area (Å²) in [4.78, 5) is 0.255. The minimum atomic E-state index is -3.40. The Labute approximate surface area is 127 Å². The van der Waals surface area contributed by atoms with Crippen molar-refractivity contribution in [2.75, 3.05) is 5.75 Å². The van der Waals surface area contributed by atoms with E-state index in [1.807, 2.05) is 6.92 Å². The molecule has 0 aromatic heterocycles. The molecule has 0 amide bonds. The van der Waals surface area contributed by atoms with Crippen LogP contribution in [0.1, 0.15) is 20.3 Å². The van der Waals surface area contributed by atoms with Crippen LogP contribution in [0.2, 0.25) is 0 Å². The van der Waals surface area contributed by atoms with Crippen molar-refractivity contribution in [1.82, 2.24) is 0 Å². The van der Waals surface area contributed by atoms with Crippen molar-refractivity contribution in [3.8, 4) is 0 Å². The lowest BCUT2D eigenvalue weighted by Gasteiger charge is -2.27. The third kappa shape index (κ3) is 4.95. The van der Waals surface area contributed by atoms with Crippen LogP contribution in [0, 0.1) is 11.8 Å². The average molecular weight is 312 g/mol. The molecule has 0 bridgehead atoms. The van der Waals surface area contributed by atoms with Crippen LogP contribution in [0.3, 0.4) is 0 Å². The first-order valence-electron chi connectivity index (χ1n) is 7.06. The summed E-state index contributed by atoms with van der Waals surface area (Å²) in [7, 11) is -3.40. The normalized spacial score (nSPS) is 17.7. The van der Waals surface area contributed by atoms with Gasteiger partial charge in [-0.3, -0.25) is 0 Å². The zero-order chi connectivity index (χ0) is 16.0. The predicted octanol–water partition coefficient (Wildman–Crippen LogP) is 2.03. The van der Waals surface area contributed by atoms with E-state index in [1.54, 1.807) is 43.3 Å². The maximum atomic E-state index is 12.1. The Morgan fingerprint density at radius 3 is 2.29 bits per heavy atom. The highest BCUT2D eigenvalue weighted by molar-refractivity contribution is 7.91. The van der Waals surface area contributed by atoms with Gasteiger partial charge in [0.05, 0.1) is 22.9 Å². The summed E-state index contributed by atoms with van der Waals surface area (Å²) < 4.78 is 24.3. The van der Waals surface area contributed by atoms with Gasteiger partial charge in [-0.15, -0.1) is 6.58 Å². The van der Waals surface area contributed by atoms with Crippen molar-refractivity contribution >= 4 is 9.84 Å². The molecule has 1 rings (SSSR count). The molecule has 118 valence electrons. The SMILES string of the molecule is C=C[C@@H](C)[C@@H](O)[C@@H](C)[C@H](O)CCS(=O)(=O)c1ccccc1. The zero-order valence-corrected chi connectivity index (χ0v) is 13.3. The molecule has 5 heteroatoms. The van der Waals surface area contributed by atoms with Crippen LogP contribution in [0.5, 0.6) is 0 Å². The smallest absolute Gasteiger partial charge is 0.178 e. The molecule has 0 unspecified atom stereocenters. The predicted molar refractivity (Wildman–Crippen MR) is 83.7 cm³/mol. The standard InChI is InChI=1S/C16H24O4S/c1-4-12(2)16(18)13(3)15(17)10-11-21(19,20)14-8-6-5-7-9-14/h4-9,12-13,15-18H,1,10-11H2,2-3H3/t12-,13+,15-,16-/m1/s1. The number of aliphatic hydroxyl groups is 2. The van der Waals surface area contributed by atoms with E-state index in [9.17, 15) is 18.6 Å². The van der Waals surface area contributed by atoms with E-state index >= 15 is 0 Å². The summed E-state index contributed by atoms with van der Waals surface area (Å²) in [5.41, 5.74) is 0. The Morgan fingerprint density at radius 1 is 1.19 bits per heavy atom. The fourth-order valence-electron chi connectivity index (χ4n) is 2.13. The second kappa shape index (κ2) is 7.73. The molecule has 1 aromatic carbocycles. The number of sulfone groups is 1. The average Bonchev–Trinajstić information content (AvgIpc) is 2.51. The first-order chi connectivity index (χ1) is 9.79. The van der Waals surface area contributed by atoms with Crippen LogP contribution >= 0.6 is 0 Å². The summed E-state index contributed by atoms with van der Waals surface area (Å²) in [6.07, 6.45) is 0.103. The van der Waals surface area contributed by atoms with Gasteiger partial charge in [0.15, 0.2) is 9.84 Å². The number of rotatable bonds is 8. The Morgan fingerprint density at radius 2 is 1.76 bits per heavy atom. The molecule has 0 spiro atoms. The van der Waals surface area contributed by atoms with E-state index in [0.29, 0.717) is 0 Å². The van der Waals surface area contributed by atoms with Gasteiger partial charge < -0.3 is 10.2 Å². The molecule has 21 heavy (non-hydrogen) atoms. The molecular weight excluding hydrogens is 288 g/mol. The van der Waals surface area contributed by atoms with Crippen LogP contribution < -0.4 is 0 Å². The van der Waals surface area contributed by atoms with E-state index in [2.05, 4.69) is 6.58 Å². The van der Waals surface area contributed by atoms with Gasteiger partial charge in [0.25, 0.3) is 0 Å². The molecular formula is C16H24O4S. The summed E-state index contributed by atoms with van der Waals surface area (Å²) in [6.45, 7) is 7.13. The Bertz CT molecular complexity index is 539. The fourth-order valence-corrected chi connectivity index (χ4v) is 3.49. The van der Waals surface area contributed by atoms with Crippen LogP contribution in [0.4, 0.5) is 0 Å². The summed E-state index contributed by atoms with van der Waals surface area (Å²) >= 11 is 0. The van der Waals surface area contributed by atoms with E-state index in [0.717, 1.165) is 0 Å². The van der Waals surface area contributed by atoms with Crippen molar-refractivity contribution in [2.24, 2.45) is 11.8 Å². The summed E-state index contributed by atoms with van der Waals surface area (Å²) in [5.74, 6) is -0.707. The first kappa shape index (κ1) is 17.9. The van der Waals surface area contributed by atoms with Gasteiger partial charge in [-0.25, -0.2) is 8.42 Å². The van der Waals surface area contributed by atoms with E-state index < -0.39 is 28.0 Å². The largest absolute Gasteiger partial charge is 0.393 e. The quantitative estimate of drug-likeness (QED) is 0.720. The van der Waals surface area contributed by atoms with Crippen molar-refractivity contribution in [3.63, 3.8) is 0 Å². The second-order valence-electron chi connectivity index (χ2n) is 5.43.